The van der Waals surface area contributed by atoms with Gasteiger partial charge in [0.1, 0.15) is 4.60 Å². The van der Waals surface area contributed by atoms with Crippen LogP contribution in [-0.2, 0) is 4.74 Å². The third-order valence-electron chi connectivity index (χ3n) is 2.00. The molecule has 0 aliphatic rings. The van der Waals surface area contributed by atoms with E-state index in [0.29, 0.717) is 16.7 Å². The number of benzene rings is 1. The molecule has 1 heterocycles. The highest BCUT2D eigenvalue weighted by atomic mass is 79.9. The maximum absolute atomic E-state index is 11.6. The normalized spacial score (nSPS) is 10.4. The highest BCUT2D eigenvalue weighted by Gasteiger charge is 2.15. The standard InChI is InChI=1S/C11H9BrN2O2/c1-2-16-11(15)9-10(12)14-8-6-4-3-5-7(8)13-9/h3-6H,2H2,1H3. The first-order valence-electron chi connectivity index (χ1n) is 4.81. The summed E-state index contributed by atoms with van der Waals surface area (Å²) in [5, 5.41) is 0. The number of rotatable bonds is 2. The summed E-state index contributed by atoms with van der Waals surface area (Å²) in [7, 11) is 0. The van der Waals surface area contributed by atoms with Gasteiger partial charge in [-0.1, -0.05) is 12.1 Å². The Morgan fingerprint density at radius 2 is 1.94 bits per heavy atom. The molecule has 82 valence electrons. The summed E-state index contributed by atoms with van der Waals surface area (Å²) in [6.45, 7) is 2.07. The Morgan fingerprint density at radius 1 is 1.31 bits per heavy atom. The Bertz CT molecular complexity index is 542. The molecule has 0 fully saturated rings. The molecule has 1 aromatic carbocycles. The Hall–Kier alpha value is -1.49. The summed E-state index contributed by atoms with van der Waals surface area (Å²) in [5.41, 5.74) is 1.62. The number of carbonyl (C=O) groups excluding carboxylic acids is 1. The minimum Gasteiger partial charge on any atom is -0.461 e. The highest BCUT2D eigenvalue weighted by Crippen LogP contribution is 2.18. The monoisotopic (exact) mass is 280 g/mol. The topological polar surface area (TPSA) is 52.1 Å². The summed E-state index contributed by atoms with van der Waals surface area (Å²) in [6, 6.07) is 7.35. The van der Waals surface area contributed by atoms with Crippen molar-refractivity contribution in [2.24, 2.45) is 0 Å². The van der Waals surface area contributed by atoms with Crippen LogP contribution in [0.4, 0.5) is 0 Å². The lowest BCUT2D eigenvalue weighted by molar-refractivity contribution is 0.0518. The van der Waals surface area contributed by atoms with E-state index in [4.69, 9.17) is 4.74 Å². The Balaban J connectivity index is 2.54. The summed E-state index contributed by atoms with van der Waals surface area (Å²) in [6.07, 6.45) is 0. The molecule has 1 aromatic heterocycles. The molecular weight excluding hydrogens is 272 g/mol. The van der Waals surface area contributed by atoms with E-state index < -0.39 is 5.97 Å². The average Bonchev–Trinajstić information content (AvgIpc) is 2.28. The first kappa shape index (κ1) is 11.0. The van der Waals surface area contributed by atoms with E-state index in [9.17, 15) is 4.79 Å². The van der Waals surface area contributed by atoms with Crippen molar-refractivity contribution in [2.75, 3.05) is 6.61 Å². The van der Waals surface area contributed by atoms with Crippen LogP contribution in [0.25, 0.3) is 11.0 Å². The Morgan fingerprint density at radius 3 is 2.56 bits per heavy atom. The second-order valence-electron chi connectivity index (χ2n) is 3.07. The molecule has 0 N–H and O–H groups in total. The Kier molecular flexibility index (Phi) is 3.14. The first-order chi connectivity index (χ1) is 7.72. The molecule has 0 aliphatic heterocycles. The molecule has 0 atom stereocenters. The van der Waals surface area contributed by atoms with Gasteiger partial charge in [-0.3, -0.25) is 0 Å². The Labute approximate surface area is 101 Å². The summed E-state index contributed by atoms with van der Waals surface area (Å²) >= 11 is 3.21. The fraction of sp³-hybridized carbons (Fsp3) is 0.182. The smallest absolute Gasteiger partial charge is 0.359 e. The van der Waals surface area contributed by atoms with Crippen molar-refractivity contribution in [1.82, 2.24) is 9.97 Å². The fourth-order valence-electron chi connectivity index (χ4n) is 1.31. The molecule has 0 saturated heterocycles. The first-order valence-corrected chi connectivity index (χ1v) is 5.61. The molecule has 2 rings (SSSR count). The van der Waals surface area contributed by atoms with E-state index in [2.05, 4.69) is 25.9 Å². The number of nitrogens with zero attached hydrogens (tertiary/aromatic N) is 2. The number of ether oxygens (including phenoxy) is 1. The van der Waals surface area contributed by atoms with Gasteiger partial charge in [0.25, 0.3) is 0 Å². The van der Waals surface area contributed by atoms with Gasteiger partial charge >= 0.3 is 5.97 Å². The molecule has 0 saturated carbocycles. The van der Waals surface area contributed by atoms with Crippen LogP contribution in [0, 0.1) is 0 Å². The number of halogens is 1. The zero-order chi connectivity index (χ0) is 11.5. The predicted molar refractivity (Wildman–Crippen MR) is 63.2 cm³/mol. The van der Waals surface area contributed by atoms with E-state index in [0.717, 1.165) is 5.52 Å². The third kappa shape index (κ3) is 2.04. The van der Waals surface area contributed by atoms with E-state index in [-0.39, 0.29) is 5.69 Å². The largest absolute Gasteiger partial charge is 0.461 e. The number of aromatic nitrogens is 2. The number of carbonyl (C=O) groups is 1. The number of hydrogen-bond donors (Lipinski definition) is 0. The van der Waals surface area contributed by atoms with Gasteiger partial charge in [0.2, 0.25) is 0 Å². The maximum Gasteiger partial charge on any atom is 0.359 e. The van der Waals surface area contributed by atoms with Crippen LogP contribution in [0.1, 0.15) is 17.4 Å². The van der Waals surface area contributed by atoms with Gasteiger partial charge in [-0.05, 0) is 35.0 Å². The number of esters is 1. The molecule has 0 amide bonds. The van der Waals surface area contributed by atoms with Crippen molar-refractivity contribution in [1.29, 1.82) is 0 Å². The summed E-state index contributed by atoms with van der Waals surface area (Å²) < 4.78 is 5.29. The molecule has 16 heavy (non-hydrogen) atoms. The molecular formula is C11H9BrN2O2. The average molecular weight is 281 g/mol. The summed E-state index contributed by atoms with van der Waals surface area (Å²) in [5.74, 6) is -0.465. The number of hydrogen-bond acceptors (Lipinski definition) is 4. The number of fused-ring (bicyclic) bond motifs is 1. The van der Waals surface area contributed by atoms with Gasteiger partial charge in [0.15, 0.2) is 5.69 Å². The minimum atomic E-state index is -0.465. The van der Waals surface area contributed by atoms with Gasteiger partial charge in [-0.15, -0.1) is 0 Å². The number of para-hydroxylation sites is 2. The second kappa shape index (κ2) is 4.57. The van der Waals surface area contributed by atoms with Gasteiger partial charge in [-0.2, -0.15) is 0 Å². The van der Waals surface area contributed by atoms with Gasteiger partial charge in [-0.25, -0.2) is 14.8 Å². The van der Waals surface area contributed by atoms with Gasteiger partial charge in [0.05, 0.1) is 17.6 Å². The zero-order valence-electron chi connectivity index (χ0n) is 8.61. The van der Waals surface area contributed by atoms with Crippen molar-refractivity contribution >= 4 is 32.9 Å². The van der Waals surface area contributed by atoms with Crippen molar-refractivity contribution in [3.05, 3.63) is 34.6 Å². The van der Waals surface area contributed by atoms with Crippen LogP contribution in [-0.4, -0.2) is 22.5 Å². The summed E-state index contributed by atoms with van der Waals surface area (Å²) in [4.78, 5) is 20.0. The predicted octanol–water partition coefficient (Wildman–Crippen LogP) is 2.57. The van der Waals surface area contributed by atoms with E-state index >= 15 is 0 Å². The van der Waals surface area contributed by atoms with Crippen molar-refractivity contribution in [3.8, 4) is 0 Å². The van der Waals surface area contributed by atoms with Crippen LogP contribution < -0.4 is 0 Å². The van der Waals surface area contributed by atoms with Gasteiger partial charge < -0.3 is 4.74 Å². The van der Waals surface area contributed by atoms with Crippen LogP contribution in [0.2, 0.25) is 0 Å². The quantitative estimate of drug-likeness (QED) is 0.794. The van der Waals surface area contributed by atoms with Crippen molar-refractivity contribution in [3.63, 3.8) is 0 Å². The highest BCUT2D eigenvalue weighted by molar-refractivity contribution is 9.10. The molecule has 0 bridgehead atoms. The van der Waals surface area contributed by atoms with Crippen molar-refractivity contribution < 1.29 is 9.53 Å². The molecule has 0 radical (unpaired) electrons. The van der Waals surface area contributed by atoms with Crippen LogP contribution in [0.5, 0.6) is 0 Å². The molecule has 4 nitrogen and oxygen atoms in total. The minimum absolute atomic E-state index is 0.209. The lowest BCUT2D eigenvalue weighted by Crippen LogP contribution is -2.09. The maximum atomic E-state index is 11.6. The lowest BCUT2D eigenvalue weighted by atomic mass is 10.3. The fourth-order valence-corrected chi connectivity index (χ4v) is 1.75. The lowest BCUT2D eigenvalue weighted by Gasteiger charge is -2.04. The molecule has 0 spiro atoms. The van der Waals surface area contributed by atoms with Crippen LogP contribution in [0.15, 0.2) is 28.9 Å². The molecule has 0 unspecified atom stereocenters. The SMILES string of the molecule is CCOC(=O)c1nc2ccccc2nc1Br. The van der Waals surface area contributed by atoms with Crippen LogP contribution >= 0.6 is 15.9 Å². The van der Waals surface area contributed by atoms with E-state index in [1.807, 2.05) is 18.2 Å². The van der Waals surface area contributed by atoms with E-state index in [1.54, 1.807) is 13.0 Å². The second-order valence-corrected chi connectivity index (χ2v) is 3.82. The van der Waals surface area contributed by atoms with Gasteiger partial charge in [0, 0.05) is 0 Å². The molecule has 0 aliphatic carbocycles. The van der Waals surface area contributed by atoms with E-state index in [1.165, 1.54) is 0 Å². The van der Waals surface area contributed by atoms with Crippen molar-refractivity contribution in [2.45, 2.75) is 6.92 Å². The zero-order valence-corrected chi connectivity index (χ0v) is 10.2. The molecule has 5 heteroatoms. The third-order valence-corrected chi connectivity index (χ3v) is 2.55. The van der Waals surface area contributed by atoms with Crippen LogP contribution in [0.3, 0.4) is 0 Å². The molecule has 2 aromatic rings.